The first-order chi connectivity index (χ1) is 8.72. The van der Waals surface area contributed by atoms with Crippen LogP contribution in [0, 0.1) is 5.92 Å². The van der Waals surface area contributed by atoms with E-state index in [1.165, 1.54) is 6.42 Å². The summed E-state index contributed by atoms with van der Waals surface area (Å²) in [6.45, 7) is 5.19. The van der Waals surface area contributed by atoms with Crippen LogP contribution in [0.4, 0.5) is 5.82 Å². The van der Waals surface area contributed by atoms with Crippen LogP contribution in [0.5, 0.6) is 0 Å². The fourth-order valence-corrected chi connectivity index (χ4v) is 2.34. The van der Waals surface area contributed by atoms with Crippen LogP contribution in [0.15, 0.2) is 12.4 Å². The van der Waals surface area contributed by atoms with Gasteiger partial charge in [-0.1, -0.05) is 6.92 Å². The van der Waals surface area contributed by atoms with Gasteiger partial charge in [0.05, 0.1) is 24.2 Å². The topological polar surface area (TPSA) is 50.3 Å². The van der Waals surface area contributed by atoms with Crippen molar-refractivity contribution < 1.29 is 4.74 Å². The molecule has 0 radical (unpaired) electrons. The highest BCUT2D eigenvalue weighted by molar-refractivity contribution is 5.29. The molecule has 0 aromatic carbocycles. The van der Waals surface area contributed by atoms with Crippen molar-refractivity contribution in [1.29, 1.82) is 0 Å². The number of aromatic nitrogens is 2. The Morgan fingerprint density at radius 1 is 1.44 bits per heavy atom. The van der Waals surface area contributed by atoms with Gasteiger partial charge in [0.2, 0.25) is 0 Å². The molecule has 2 rings (SSSR count). The van der Waals surface area contributed by atoms with Gasteiger partial charge in [0, 0.05) is 27.2 Å². The predicted molar refractivity (Wildman–Crippen MR) is 71.4 cm³/mol. The van der Waals surface area contributed by atoms with Crippen LogP contribution in [-0.4, -0.2) is 48.2 Å². The van der Waals surface area contributed by atoms with E-state index in [9.17, 15) is 0 Å². The van der Waals surface area contributed by atoms with E-state index in [1.807, 2.05) is 13.2 Å². The lowest BCUT2D eigenvalue weighted by molar-refractivity contribution is -0.00781. The molecular weight excluding hydrogens is 228 g/mol. The Morgan fingerprint density at radius 2 is 2.28 bits per heavy atom. The number of hydrogen-bond acceptors (Lipinski definition) is 5. The summed E-state index contributed by atoms with van der Waals surface area (Å²) in [5.41, 5.74) is 1.01. The van der Waals surface area contributed by atoms with Crippen molar-refractivity contribution in [2.75, 3.05) is 32.6 Å². The van der Waals surface area contributed by atoms with E-state index in [0.29, 0.717) is 12.0 Å². The molecule has 5 heteroatoms. The maximum atomic E-state index is 5.52. The summed E-state index contributed by atoms with van der Waals surface area (Å²) < 4.78 is 5.52. The third-order valence-electron chi connectivity index (χ3n) is 3.62. The molecule has 2 atom stereocenters. The van der Waals surface area contributed by atoms with Crippen molar-refractivity contribution in [3.63, 3.8) is 0 Å². The Hall–Kier alpha value is -1.20. The smallest absolute Gasteiger partial charge is 0.144 e. The molecule has 0 aliphatic carbocycles. The molecule has 0 spiro atoms. The molecule has 5 nitrogen and oxygen atoms in total. The molecular formula is C13H22N4O. The van der Waals surface area contributed by atoms with Crippen molar-refractivity contribution in [1.82, 2.24) is 14.9 Å². The standard InChI is InChI=1S/C13H22N4O/c1-10-4-5-17(9-12(10)18-3)8-11-6-16-13(14-2)7-15-11/h6-7,10,12H,4-5,8-9H2,1-3H3,(H,14,16). The lowest BCUT2D eigenvalue weighted by atomic mass is 9.96. The van der Waals surface area contributed by atoms with E-state index in [0.717, 1.165) is 31.1 Å². The molecule has 1 aromatic rings. The number of likely N-dealkylation sites (tertiary alicyclic amines) is 1. The van der Waals surface area contributed by atoms with Gasteiger partial charge in [0.1, 0.15) is 5.82 Å². The molecule has 1 N–H and O–H groups in total. The van der Waals surface area contributed by atoms with Gasteiger partial charge in [0.15, 0.2) is 0 Å². The average molecular weight is 250 g/mol. The van der Waals surface area contributed by atoms with Crippen molar-refractivity contribution in [2.24, 2.45) is 5.92 Å². The number of nitrogens with one attached hydrogen (secondary N) is 1. The number of rotatable bonds is 4. The minimum absolute atomic E-state index is 0.336. The van der Waals surface area contributed by atoms with E-state index in [1.54, 1.807) is 13.3 Å². The van der Waals surface area contributed by atoms with Crippen molar-refractivity contribution in [2.45, 2.75) is 26.0 Å². The van der Waals surface area contributed by atoms with Crippen LogP contribution in [0.1, 0.15) is 19.0 Å². The zero-order chi connectivity index (χ0) is 13.0. The van der Waals surface area contributed by atoms with E-state index >= 15 is 0 Å². The largest absolute Gasteiger partial charge is 0.380 e. The Labute approximate surface area is 109 Å². The zero-order valence-electron chi connectivity index (χ0n) is 11.4. The molecule has 0 amide bonds. The fraction of sp³-hybridized carbons (Fsp3) is 0.692. The Bertz CT molecular complexity index is 368. The summed E-state index contributed by atoms with van der Waals surface area (Å²) in [5.74, 6) is 1.45. The van der Waals surface area contributed by atoms with Crippen LogP contribution in [0.25, 0.3) is 0 Å². The van der Waals surface area contributed by atoms with Crippen molar-refractivity contribution in [3.05, 3.63) is 18.1 Å². The van der Waals surface area contributed by atoms with Crippen LogP contribution in [0.3, 0.4) is 0 Å². The van der Waals surface area contributed by atoms with Crippen LogP contribution < -0.4 is 5.32 Å². The van der Waals surface area contributed by atoms with Gasteiger partial charge in [-0.2, -0.15) is 0 Å². The fourth-order valence-electron chi connectivity index (χ4n) is 2.34. The number of piperidine rings is 1. The van der Waals surface area contributed by atoms with Gasteiger partial charge >= 0.3 is 0 Å². The molecule has 0 saturated carbocycles. The quantitative estimate of drug-likeness (QED) is 0.875. The average Bonchev–Trinajstić information content (AvgIpc) is 2.42. The summed E-state index contributed by atoms with van der Waals surface area (Å²) in [5, 5.41) is 2.97. The van der Waals surface area contributed by atoms with Crippen LogP contribution in [0.2, 0.25) is 0 Å². The van der Waals surface area contributed by atoms with Gasteiger partial charge < -0.3 is 10.1 Å². The molecule has 18 heavy (non-hydrogen) atoms. The number of methoxy groups -OCH3 is 1. The summed E-state index contributed by atoms with van der Waals surface area (Å²) in [6.07, 6.45) is 5.13. The van der Waals surface area contributed by atoms with Crippen molar-refractivity contribution >= 4 is 5.82 Å². The maximum absolute atomic E-state index is 5.52. The first-order valence-corrected chi connectivity index (χ1v) is 6.46. The minimum Gasteiger partial charge on any atom is -0.380 e. The summed E-state index contributed by atoms with van der Waals surface area (Å²) >= 11 is 0. The lowest BCUT2D eigenvalue weighted by Gasteiger charge is -2.35. The number of hydrogen-bond donors (Lipinski definition) is 1. The molecule has 2 unspecified atom stereocenters. The van der Waals surface area contributed by atoms with Gasteiger partial charge in [0.25, 0.3) is 0 Å². The van der Waals surface area contributed by atoms with Crippen LogP contribution >= 0.6 is 0 Å². The molecule has 2 heterocycles. The van der Waals surface area contributed by atoms with E-state index in [4.69, 9.17) is 4.74 Å². The summed E-state index contributed by atoms with van der Waals surface area (Å²) in [4.78, 5) is 11.1. The Kier molecular flexibility index (Phi) is 4.49. The van der Waals surface area contributed by atoms with Crippen LogP contribution in [-0.2, 0) is 11.3 Å². The number of ether oxygens (including phenoxy) is 1. The highest BCUT2D eigenvalue weighted by Crippen LogP contribution is 2.20. The van der Waals surface area contributed by atoms with E-state index in [-0.39, 0.29) is 0 Å². The van der Waals surface area contributed by atoms with Gasteiger partial charge in [-0.05, 0) is 18.9 Å². The van der Waals surface area contributed by atoms with Crippen molar-refractivity contribution in [3.8, 4) is 0 Å². The molecule has 1 saturated heterocycles. The molecule has 0 bridgehead atoms. The Balaban J connectivity index is 1.92. The number of nitrogens with zero attached hydrogens (tertiary/aromatic N) is 3. The third kappa shape index (κ3) is 3.17. The highest BCUT2D eigenvalue weighted by Gasteiger charge is 2.26. The highest BCUT2D eigenvalue weighted by atomic mass is 16.5. The first-order valence-electron chi connectivity index (χ1n) is 6.46. The molecule has 1 aliphatic rings. The van der Waals surface area contributed by atoms with E-state index < -0.39 is 0 Å². The minimum atomic E-state index is 0.336. The maximum Gasteiger partial charge on any atom is 0.144 e. The molecule has 1 aromatic heterocycles. The van der Waals surface area contributed by atoms with E-state index in [2.05, 4.69) is 27.1 Å². The monoisotopic (exact) mass is 250 g/mol. The van der Waals surface area contributed by atoms with Gasteiger partial charge in [-0.25, -0.2) is 4.98 Å². The van der Waals surface area contributed by atoms with Gasteiger partial charge in [-0.3, -0.25) is 9.88 Å². The second-order valence-electron chi connectivity index (χ2n) is 4.92. The second-order valence-corrected chi connectivity index (χ2v) is 4.92. The summed E-state index contributed by atoms with van der Waals surface area (Å²) in [7, 11) is 3.64. The lowest BCUT2D eigenvalue weighted by Crippen LogP contribution is -2.43. The summed E-state index contributed by atoms with van der Waals surface area (Å²) in [6, 6.07) is 0. The SMILES string of the molecule is CNc1cnc(CN2CCC(C)C(OC)C2)cn1. The first kappa shape index (κ1) is 13.2. The molecule has 1 aliphatic heterocycles. The second kappa shape index (κ2) is 6.11. The third-order valence-corrected chi connectivity index (χ3v) is 3.62. The number of anilines is 1. The zero-order valence-corrected chi connectivity index (χ0v) is 11.4. The molecule has 100 valence electrons. The predicted octanol–water partition coefficient (Wildman–Crippen LogP) is 1.38. The normalized spacial score (nSPS) is 25.1. The van der Waals surface area contributed by atoms with Gasteiger partial charge in [-0.15, -0.1) is 0 Å². The Morgan fingerprint density at radius 3 is 2.89 bits per heavy atom. The molecule has 1 fully saturated rings.